The van der Waals surface area contributed by atoms with Crippen molar-refractivity contribution < 1.29 is 4.42 Å². The van der Waals surface area contributed by atoms with Gasteiger partial charge in [-0.05, 0) is 116 Å². The van der Waals surface area contributed by atoms with Crippen LogP contribution in [0.4, 0.5) is 17.1 Å². The average Bonchev–Trinajstić information content (AvgIpc) is 3.97. The zero-order chi connectivity index (χ0) is 45.4. The summed E-state index contributed by atoms with van der Waals surface area (Å²) in [5.41, 5.74) is 15.5. The second-order valence-corrected chi connectivity index (χ2v) is 18.0. The van der Waals surface area contributed by atoms with Gasteiger partial charge in [-0.3, -0.25) is 0 Å². The third-order valence-electron chi connectivity index (χ3n) is 14.2. The summed E-state index contributed by atoms with van der Waals surface area (Å²) < 4.78 is 9.33. The maximum absolute atomic E-state index is 6.96. The highest BCUT2D eigenvalue weighted by Gasteiger charge is 2.22. The van der Waals surface area contributed by atoms with E-state index in [4.69, 9.17) is 4.42 Å². The highest BCUT2D eigenvalue weighted by Crippen LogP contribution is 2.47. The first-order valence-electron chi connectivity index (χ1n) is 23.7. The number of anilines is 3. The Labute approximate surface area is 399 Å². The summed E-state index contributed by atoms with van der Waals surface area (Å²) in [7, 11) is 0. The SMILES string of the molecule is c1ccc(-c2cccc3c2oc2c4ccccc4c(N(c4ccc(-c5ccc6c(c5)c5ccccc5n6-c5ccccc5)cc4)c4ccc(-c5cc6ccccc6c6ccccc56)cc4)cc32)cc1. The van der Waals surface area contributed by atoms with Gasteiger partial charge in [0.2, 0.25) is 0 Å². The van der Waals surface area contributed by atoms with E-state index < -0.39 is 0 Å². The molecule has 0 bridgehead atoms. The van der Waals surface area contributed by atoms with Crippen LogP contribution in [0.1, 0.15) is 0 Å². The third-order valence-corrected chi connectivity index (χ3v) is 14.2. The number of hydrogen-bond donors (Lipinski definition) is 0. The molecule has 0 N–H and O–H groups in total. The van der Waals surface area contributed by atoms with E-state index in [0.717, 1.165) is 72.2 Å². The molecule has 0 saturated carbocycles. The molecule has 3 nitrogen and oxygen atoms in total. The molecule has 0 aliphatic carbocycles. The molecule has 322 valence electrons. The lowest BCUT2D eigenvalue weighted by molar-refractivity contribution is 0.674. The highest BCUT2D eigenvalue weighted by atomic mass is 16.3. The van der Waals surface area contributed by atoms with Gasteiger partial charge in [0, 0.05) is 54.9 Å². The van der Waals surface area contributed by atoms with Crippen molar-refractivity contribution in [1.29, 1.82) is 0 Å². The molecule has 0 aliphatic rings. The monoisotopic (exact) mass is 878 g/mol. The van der Waals surface area contributed by atoms with Gasteiger partial charge in [-0.15, -0.1) is 0 Å². The zero-order valence-electron chi connectivity index (χ0n) is 37.6. The van der Waals surface area contributed by atoms with Gasteiger partial charge in [-0.1, -0.05) is 188 Å². The normalized spacial score (nSPS) is 11.8. The Bertz CT molecular complexity index is 4280. The van der Waals surface area contributed by atoms with Crippen LogP contribution in [0.2, 0.25) is 0 Å². The predicted molar refractivity (Wildman–Crippen MR) is 292 cm³/mol. The molecule has 12 aromatic carbocycles. The van der Waals surface area contributed by atoms with Gasteiger partial charge in [0.15, 0.2) is 0 Å². The Morgan fingerprint density at radius 3 is 1.61 bits per heavy atom. The van der Waals surface area contributed by atoms with Gasteiger partial charge in [0.25, 0.3) is 0 Å². The minimum atomic E-state index is 0.894. The molecular formula is C66H42N2O. The molecule has 69 heavy (non-hydrogen) atoms. The summed E-state index contributed by atoms with van der Waals surface area (Å²) in [4.78, 5) is 2.42. The topological polar surface area (TPSA) is 21.3 Å². The van der Waals surface area contributed by atoms with Crippen LogP contribution in [0.25, 0.3) is 115 Å². The number of fused-ring (bicyclic) bond motifs is 11. The van der Waals surface area contributed by atoms with E-state index >= 15 is 0 Å². The number of nitrogens with zero attached hydrogens (tertiary/aromatic N) is 2. The summed E-state index contributed by atoms with van der Waals surface area (Å²) in [6.07, 6.45) is 0. The number of aromatic nitrogens is 1. The van der Waals surface area contributed by atoms with Crippen LogP contribution in [0, 0.1) is 0 Å². The second-order valence-electron chi connectivity index (χ2n) is 18.0. The molecule has 0 atom stereocenters. The van der Waals surface area contributed by atoms with Crippen molar-refractivity contribution >= 4 is 93.1 Å². The number of hydrogen-bond acceptors (Lipinski definition) is 2. The molecule has 0 spiro atoms. The fourth-order valence-electron chi connectivity index (χ4n) is 11.0. The van der Waals surface area contributed by atoms with E-state index in [1.807, 2.05) is 0 Å². The van der Waals surface area contributed by atoms with Crippen molar-refractivity contribution in [2.24, 2.45) is 0 Å². The molecule has 14 rings (SSSR count). The van der Waals surface area contributed by atoms with Crippen LogP contribution >= 0.6 is 0 Å². The first-order valence-corrected chi connectivity index (χ1v) is 23.7. The zero-order valence-corrected chi connectivity index (χ0v) is 37.6. The van der Waals surface area contributed by atoms with E-state index in [0.29, 0.717) is 0 Å². The van der Waals surface area contributed by atoms with Crippen LogP contribution in [0.15, 0.2) is 259 Å². The van der Waals surface area contributed by atoms with Crippen LogP contribution in [0.3, 0.4) is 0 Å². The number of benzene rings is 12. The van der Waals surface area contributed by atoms with Gasteiger partial charge >= 0.3 is 0 Å². The van der Waals surface area contributed by atoms with E-state index in [9.17, 15) is 0 Å². The van der Waals surface area contributed by atoms with Crippen LogP contribution in [0.5, 0.6) is 0 Å². The Balaban J connectivity index is 0.946. The number of para-hydroxylation sites is 3. The Morgan fingerprint density at radius 1 is 0.290 bits per heavy atom. The largest absolute Gasteiger partial charge is 0.455 e. The number of furan rings is 1. The summed E-state index contributed by atoms with van der Waals surface area (Å²) in [6, 6.07) is 92.4. The van der Waals surface area contributed by atoms with E-state index in [1.165, 1.54) is 60.0 Å². The average molecular weight is 879 g/mol. The third kappa shape index (κ3) is 6.29. The Hall–Kier alpha value is -9.18. The van der Waals surface area contributed by atoms with E-state index in [2.05, 4.69) is 264 Å². The predicted octanol–water partition coefficient (Wildman–Crippen LogP) is 18.6. The van der Waals surface area contributed by atoms with Crippen molar-refractivity contribution in [3.63, 3.8) is 0 Å². The van der Waals surface area contributed by atoms with Crippen molar-refractivity contribution in [1.82, 2.24) is 4.57 Å². The summed E-state index contributed by atoms with van der Waals surface area (Å²) in [5, 5.41) is 11.9. The minimum Gasteiger partial charge on any atom is -0.455 e. The van der Waals surface area contributed by atoms with Gasteiger partial charge in [0.1, 0.15) is 11.2 Å². The van der Waals surface area contributed by atoms with Crippen LogP contribution in [-0.4, -0.2) is 4.57 Å². The molecule has 2 aromatic heterocycles. The first kappa shape index (κ1) is 39.0. The molecular weight excluding hydrogens is 837 g/mol. The maximum Gasteiger partial charge on any atom is 0.143 e. The lowest BCUT2D eigenvalue weighted by atomic mass is 9.93. The minimum absolute atomic E-state index is 0.894. The first-order chi connectivity index (χ1) is 34.2. The summed E-state index contributed by atoms with van der Waals surface area (Å²) in [6.45, 7) is 0. The van der Waals surface area contributed by atoms with Crippen molar-refractivity contribution in [3.8, 4) is 39.1 Å². The smallest absolute Gasteiger partial charge is 0.143 e. The molecule has 0 unspecified atom stereocenters. The molecule has 14 aromatic rings. The van der Waals surface area contributed by atoms with Crippen molar-refractivity contribution in [2.45, 2.75) is 0 Å². The molecule has 0 saturated heterocycles. The second kappa shape index (κ2) is 15.7. The quantitative estimate of drug-likeness (QED) is 0.149. The summed E-state index contributed by atoms with van der Waals surface area (Å²) >= 11 is 0. The lowest BCUT2D eigenvalue weighted by Crippen LogP contribution is -2.10. The molecule has 3 heteroatoms. The van der Waals surface area contributed by atoms with Gasteiger partial charge in [-0.2, -0.15) is 0 Å². The fourth-order valence-corrected chi connectivity index (χ4v) is 11.0. The maximum atomic E-state index is 6.96. The van der Waals surface area contributed by atoms with Crippen molar-refractivity contribution in [2.75, 3.05) is 4.90 Å². The van der Waals surface area contributed by atoms with Crippen LogP contribution in [-0.2, 0) is 0 Å². The standard InChI is InChI=1S/C66H42N2O/c1-3-16-44(17-4-1)52-27-15-28-58-61-42-64(55-24-11-12-26-57(55)66(61)69-65(52)58)67(50-37-32-45(33-38-50)59-41-47-18-7-8-21-51(47)53-22-9-10-23-54(53)59)49-35-30-43(31-36-49)46-34-39-63-60(40-46)56-25-13-14-29-62(56)68(63)48-19-5-2-6-20-48/h1-42H. The van der Waals surface area contributed by atoms with E-state index in [1.54, 1.807) is 0 Å². The Morgan fingerprint density at radius 2 is 0.841 bits per heavy atom. The van der Waals surface area contributed by atoms with Gasteiger partial charge in [0.05, 0.1) is 16.7 Å². The van der Waals surface area contributed by atoms with Gasteiger partial charge in [-0.25, -0.2) is 0 Å². The molecule has 2 heterocycles. The highest BCUT2D eigenvalue weighted by molar-refractivity contribution is 6.21. The molecule has 0 fully saturated rings. The fraction of sp³-hybridized carbons (Fsp3) is 0. The molecule has 0 aliphatic heterocycles. The lowest BCUT2D eigenvalue weighted by Gasteiger charge is -2.27. The van der Waals surface area contributed by atoms with E-state index in [-0.39, 0.29) is 0 Å². The summed E-state index contributed by atoms with van der Waals surface area (Å²) in [5.74, 6) is 0. The van der Waals surface area contributed by atoms with Gasteiger partial charge < -0.3 is 13.9 Å². The molecule has 0 amide bonds. The van der Waals surface area contributed by atoms with Crippen LogP contribution < -0.4 is 4.90 Å². The van der Waals surface area contributed by atoms with Crippen molar-refractivity contribution in [3.05, 3.63) is 255 Å². The Kier molecular flexibility index (Phi) is 8.90. The molecule has 0 radical (unpaired) electrons. The number of rotatable bonds is 7.